The van der Waals surface area contributed by atoms with E-state index in [1.807, 2.05) is 21.0 Å². The van der Waals surface area contributed by atoms with Crippen LogP contribution in [0.4, 0.5) is 0 Å². The molecule has 1 heterocycles. The lowest BCUT2D eigenvalue weighted by atomic mass is 10.1. The molecule has 152 valence electrons. The molecular formula is C22H24NO6+. The molecule has 0 saturated carbocycles. The Balaban J connectivity index is 1.87. The lowest BCUT2D eigenvalue weighted by Gasteiger charge is -2.12. The number of hydrogen-bond donors (Lipinski definition) is 2. The van der Waals surface area contributed by atoms with Gasteiger partial charge in [0.05, 0.1) is 37.2 Å². The van der Waals surface area contributed by atoms with Gasteiger partial charge in [-0.1, -0.05) is 6.92 Å². The van der Waals surface area contributed by atoms with Gasteiger partial charge < -0.3 is 23.9 Å². The minimum atomic E-state index is -0.404. The van der Waals surface area contributed by atoms with Crippen molar-refractivity contribution in [3.63, 3.8) is 0 Å². The fraction of sp³-hybridized carbons (Fsp3) is 0.273. The Bertz CT molecular complexity index is 1070. The van der Waals surface area contributed by atoms with Crippen molar-refractivity contribution >= 4 is 16.9 Å². The third-order valence-corrected chi connectivity index (χ3v) is 4.27. The van der Waals surface area contributed by atoms with E-state index in [2.05, 4.69) is 0 Å². The van der Waals surface area contributed by atoms with Crippen LogP contribution in [0.15, 0.2) is 51.9 Å². The van der Waals surface area contributed by atoms with Crippen LogP contribution in [0.5, 0.6) is 17.2 Å². The highest BCUT2D eigenvalue weighted by atomic mass is 16.5. The number of carbonyl (C=O) groups excluding carboxylic acids is 1. The van der Waals surface area contributed by atoms with Gasteiger partial charge in [-0.05, 0) is 42.8 Å². The second-order valence-corrected chi connectivity index (χ2v) is 7.02. The van der Waals surface area contributed by atoms with E-state index >= 15 is 0 Å². The minimum absolute atomic E-state index is 0.0210. The van der Waals surface area contributed by atoms with Crippen LogP contribution >= 0.6 is 0 Å². The predicted octanol–water partition coefficient (Wildman–Crippen LogP) is 2.50. The highest BCUT2D eigenvalue weighted by Gasteiger charge is 2.17. The van der Waals surface area contributed by atoms with Crippen molar-refractivity contribution in [3.05, 3.63) is 64.0 Å². The first-order chi connectivity index (χ1) is 13.9. The molecule has 3 aromatic rings. The third-order valence-electron chi connectivity index (χ3n) is 4.27. The molecule has 7 nitrogen and oxygen atoms in total. The zero-order valence-electron chi connectivity index (χ0n) is 16.7. The van der Waals surface area contributed by atoms with Crippen LogP contribution in [0.3, 0.4) is 0 Å². The normalized spacial score (nSPS) is 11.0. The number of ether oxygens (including phenoxy) is 2. The summed E-state index contributed by atoms with van der Waals surface area (Å²) in [4.78, 5) is 25.8. The number of phenolic OH excluding ortho intramolecular Hbond substituents is 1. The topological polar surface area (TPSA) is 90.4 Å². The van der Waals surface area contributed by atoms with Crippen LogP contribution < -0.4 is 15.1 Å². The Kier molecular flexibility index (Phi) is 6.19. The van der Waals surface area contributed by atoms with Crippen molar-refractivity contribution in [1.29, 1.82) is 0 Å². The number of rotatable bonds is 7. The Morgan fingerprint density at radius 1 is 1.14 bits per heavy atom. The maximum absolute atomic E-state index is 12.8. The molecule has 0 aliphatic rings. The number of fused-ring (bicyclic) bond motifs is 1. The van der Waals surface area contributed by atoms with Crippen molar-refractivity contribution in [2.45, 2.75) is 19.9 Å². The molecule has 0 amide bonds. The second-order valence-electron chi connectivity index (χ2n) is 7.02. The Labute approximate surface area is 168 Å². The van der Waals surface area contributed by atoms with Gasteiger partial charge in [0.15, 0.2) is 5.58 Å². The first-order valence-electron chi connectivity index (χ1n) is 9.41. The molecule has 0 atom stereocenters. The Morgan fingerprint density at radius 2 is 1.86 bits per heavy atom. The molecule has 2 aromatic carbocycles. The van der Waals surface area contributed by atoms with E-state index in [0.29, 0.717) is 41.0 Å². The van der Waals surface area contributed by atoms with Crippen LogP contribution in [-0.4, -0.2) is 31.8 Å². The molecule has 1 aromatic heterocycles. The van der Waals surface area contributed by atoms with Gasteiger partial charge in [0, 0.05) is 0 Å². The summed E-state index contributed by atoms with van der Waals surface area (Å²) in [6.45, 7) is 2.79. The average molecular weight is 398 g/mol. The maximum atomic E-state index is 12.8. The van der Waals surface area contributed by atoms with Gasteiger partial charge >= 0.3 is 5.97 Å². The summed E-state index contributed by atoms with van der Waals surface area (Å²) in [5, 5.41) is 10.5. The van der Waals surface area contributed by atoms with Crippen LogP contribution in [-0.2, 0) is 11.3 Å². The van der Waals surface area contributed by atoms with Gasteiger partial charge in [0.2, 0.25) is 11.2 Å². The predicted molar refractivity (Wildman–Crippen MR) is 108 cm³/mol. The van der Waals surface area contributed by atoms with Gasteiger partial charge in [-0.15, -0.1) is 0 Å². The number of esters is 1. The van der Waals surface area contributed by atoms with Gasteiger partial charge in [-0.25, -0.2) is 4.79 Å². The zero-order chi connectivity index (χ0) is 21.0. The summed E-state index contributed by atoms with van der Waals surface area (Å²) < 4.78 is 16.4. The monoisotopic (exact) mass is 398 g/mol. The van der Waals surface area contributed by atoms with Gasteiger partial charge in [0.1, 0.15) is 24.3 Å². The standard InChI is InChI=1S/C22H23NO6/c1-4-11-27-22(26)14-5-7-15(8-6-14)29-19-13-28-21-16(20(19)25)9-10-18(24)17(21)12-23(2)3/h5-10,13,24H,4,11-12H2,1-3H3/p+1. The number of aromatic hydroxyl groups is 1. The fourth-order valence-corrected chi connectivity index (χ4v) is 2.89. The smallest absolute Gasteiger partial charge is 0.338 e. The molecule has 2 N–H and O–H groups in total. The molecule has 0 aliphatic carbocycles. The second kappa shape index (κ2) is 8.79. The molecule has 0 radical (unpaired) electrons. The number of quaternary nitrogens is 1. The van der Waals surface area contributed by atoms with E-state index in [4.69, 9.17) is 13.9 Å². The summed E-state index contributed by atoms with van der Waals surface area (Å²) in [7, 11) is 3.88. The number of hydrogen-bond acceptors (Lipinski definition) is 6. The molecule has 0 fully saturated rings. The van der Waals surface area contributed by atoms with Crippen LogP contribution in [0, 0.1) is 0 Å². The highest BCUT2D eigenvalue weighted by molar-refractivity contribution is 5.89. The molecule has 0 unspecified atom stereocenters. The molecule has 0 aliphatic heterocycles. The van der Waals surface area contributed by atoms with Crippen LogP contribution in [0.2, 0.25) is 0 Å². The lowest BCUT2D eigenvalue weighted by Crippen LogP contribution is -3.04. The van der Waals surface area contributed by atoms with Gasteiger partial charge in [-0.2, -0.15) is 0 Å². The molecule has 7 heteroatoms. The molecule has 0 saturated heterocycles. The third kappa shape index (κ3) is 4.57. The largest absolute Gasteiger partial charge is 0.507 e. The van der Waals surface area contributed by atoms with Crippen molar-refractivity contribution in [1.82, 2.24) is 0 Å². The van der Waals surface area contributed by atoms with E-state index in [1.165, 1.54) is 18.4 Å². The number of benzene rings is 2. The summed E-state index contributed by atoms with van der Waals surface area (Å²) in [5.74, 6) is 0.0909. The molecule has 0 spiro atoms. The summed E-state index contributed by atoms with van der Waals surface area (Å²) in [6, 6.07) is 9.33. The summed E-state index contributed by atoms with van der Waals surface area (Å²) in [5.41, 5.74) is 0.981. The SMILES string of the molecule is CCCOC(=O)c1ccc(Oc2coc3c(C[NH+](C)C)c(O)ccc3c2=O)cc1. The minimum Gasteiger partial charge on any atom is -0.507 e. The lowest BCUT2D eigenvalue weighted by molar-refractivity contribution is -0.872. The Morgan fingerprint density at radius 3 is 2.52 bits per heavy atom. The highest BCUT2D eigenvalue weighted by Crippen LogP contribution is 2.28. The average Bonchev–Trinajstić information content (AvgIpc) is 2.70. The quantitative estimate of drug-likeness (QED) is 0.595. The first kappa shape index (κ1) is 20.4. The zero-order valence-corrected chi connectivity index (χ0v) is 16.7. The van der Waals surface area contributed by atoms with E-state index in [-0.39, 0.29) is 16.9 Å². The van der Waals surface area contributed by atoms with E-state index in [1.54, 1.807) is 24.3 Å². The summed E-state index contributed by atoms with van der Waals surface area (Å²) in [6.07, 6.45) is 1.99. The first-order valence-corrected chi connectivity index (χ1v) is 9.41. The molecule has 29 heavy (non-hydrogen) atoms. The molecular weight excluding hydrogens is 374 g/mol. The van der Waals surface area contributed by atoms with Crippen LogP contribution in [0.25, 0.3) is 11.0 Å². The van der Waals surface area contributed by atoms with Crippen molar-refractivity contribution < 1.29 is 28.7 Å². The van der Waals surface area contributed by atoms with Gasteiger partial charge in [-0.3, -0.25) is 4.79 Å². The van der Waals surface area contributed by atoms with E-state index < -0.39 is 5.97 Å². The van der Waals surface area contributed by atoms with Crippen molar-refractivity contribution in [2.24, 2.45) is 0 Å². The van der Waals surface area contributed by atoms with E-state index in [0.717, 1.165) is 11.3 Å². The number of carbonyl (C=O) groups is 1. The molecule has 3 rings (SSSR count). The maximum Gasteiger partial charge on any atom is 0.338 e. The van der Waals surface area contributed by atoms with Crippen LogP contribution in [0.1, 0.15) is 29.3 Å². The van der Waals surface area contributed by atoms with Gasteiger partial charge in [0.25, 0.3) is 0 Å². The Hall–Kier alpha value is -3.32. The summed E-state index contributed by atoms with van der Waals surface area (Å²) >= 11 is 0. The number of phenols is 1. The van der Waals surface area contributed by atoms with Crippen molar-refractivity contribution in [2.75, 3.05) is 20.7 Å². The van der Waals surface area contributed by atoms with Crippen molar-refractivity contribution in [3.8, 4) is 17.2 Å². The fourth-order valence-electron chi connectivity index (χ4n) is 2.89. The number of nitrogens with one attached hydrogen (secondary N) is 1. The molecule has 0 bridgehead atoms. The van der Waals surface area contributed by atoms with E-state index in [9.17, 15) is 14.7 Å².